The van der Waals surface area contributed by atoms with Crippen molar-refractivity contribution in [2.45, 2.75) is 31.2 Å². The first kappa shape index (κ1) is 12.3. The maximum Gasteiger partial charge on any atom is 0.0594 e. The lowest BCUT2D eigenvalue weighted by Gasteiger charge is -2.47. The number of rotatable bonds is 4. The van der Waals surface area contributed by atoms with Crippen molar-refractivity contribution in [1.29, 1.82) is 0 Å². The molecule has 0 unspecified atom stereocenters. The lowest BCUT2D eigenvalue weighted by Crippen LogP contribution is -2.58. The van der Waals surface area contributed by atoms with Crippen molar-refractivity contribution in [3.63, 3.8) is 0 Å². The van der Waals surface area contributed by atoms with E-state index < -0.39 is 0 Å². The Bertz CT molecular complexity index is 207. The van der Waals surface area contributed by atoms with E-state index in [-0.39, 0.29) is 18.1 Å². The van der Waals surface area contributed by atoms with Crippen LogP contribution in [0.4, 0.5) is 0 Å². The van der Waals surface area contributed by atoms with Gasteiger partial charge >= 0.3 is 0 Å². The fourth-order valence-corrected chi connectivity index (χ4v) is 3.44. The van der Waals surface area contributed by atoms with Crippen LogP contribution in [0.15, 0.2) is 0 Å². The summed E-state index contributed by atoms with van der Waals surface area (Å²) in [6.45, 7) is 4.45. The zero-order chi connectivity index (χ0) is 11.4. The first-order valence-electron chi connectivity index (χ1n) is 6.47. The molecule has 0 radical (unpaired) electrons. The zero-order valence-corrected chi connectivity index (χ0v) is 10.0. The molecule has 0 amide bonds. The van der Waals surface area contributed by atoms with Gasteiger partial charge in [0, 0.05) is 31.2 Å². The van der Waals surface area contributed by atoms with Crippen molar-refractivity contribution in [3.8, 4) is 0 Å². The third-order valence-electron chi connectivity index (χ3n) is 4.38. The van der Waals surface area contributed by atoms with Gasteiger partial charge in [0.05, 0.1) is 13.2 Å². The van der Waals surface area contributed by atoms with E-state index in [1.165, 1.54) is 25.7 Å². The van der Waals surface area contributed by atoms with Crippen LogP contribution in [0.2, 0.25) is 0 Å². The van der Waals surface area contributed by atoms with Gasteiger partial charge in [0.2, 0.25) is 0 Å². The molecule has 0 bridgehead atoms. The first-order valence-corrected chi connectivity index (χ1v) is 6.47. The minimum Gasteiger partial charge on any atom is -0.396 e. The Morgan fingerprint density at radius 3 is 2.38 bits per heavy atom. The number of nitrogens with two attached hydrogens (primary N) is 1. The fraction of sp³-hybridized carbons (Fsp3) is 1.00. The number of nitrogens with zero attached hydrogens (tertiary/aromatic N) is 1. The monoisotopic (exact) mass is 228 g/mol. The Morgan fingerprint density at radius 1 is 1.25 bits per heavy atom. The molecule has 4 heteroatoms. The number of hydrogen-bond donors (Lipinski definition) is 2. The molecule has 1 saturated heterocycles. The Hall–Kier alpha value is -0.160. The van der Waals surface area contributed by atoms with Gasteiger partial charge in [-0.15, -0.1) is 0 Å². The molecule has 0 aromatic heterocycles. The van der Waals surface area contributed by atoms with Gasteiger partial charge in [-0.1, -0.05) is 12.8 Å². The highest BCUT2D eigenvalue weighted by atomic mass is 16.5. The number of ether oxygens (including phenoxy) is 1. The van der Waals surface area contributed by atoms with Crippen molar-refractivity contribution in [3.05, 3.63) is 0 Å². The summed E-state index contributed by atoms with van der Waals surface area (Å²) in [4.78, 5) is 2.53. The van der Waals surface area contributed by atoms with Crippen molar-refractivity contribution < 1.29 is 9.84 Å². The molecule has 0 aromatic rings. The molecule has 4 nitrogen and oxygen atoms in total. The van der Waals surface area contributed by atoms with Crippen LogP contribution >= 0.6 is 0 Å². The standard InChI is InChI=1S/C12H24N2O2/c13-9-11(10-15)12(3-1-2-4-12)14-5-7-16-8-6-14/h11,15H,1-10,13H2/t11-/m0/s1. The fourth-order valence-electron chi connectivity index (χ4n) is 3.44. The highest BCUT2D eigenvalue weighted by Gasteiger charge is 2.45. The Kier molecular flexibility index (Phi) is 4.19. The molecule has 2 rings (SSSR count). The lowest BCUT2D eigenvalue weighted by molar-refractivity contribution is -0.0532. The topological polar surface area (TPSA) is 58.7 Å². The first-order chi connectivity index (χ1) is 7.83. The highest BCUT2D eigenvalue weighted by Crippen LogP contribution is 2.41. The second kappa shape index (κ2) is 5.45. The molecular formula is C12H24N2O2. The molecule has 1 atom stereocenters. The molecule has 2 aliphatic rings. The largest absolute Gasteiger partial charge is 0.396 e. The van der Waals surface area contributed by atoms with E-state index >= 15 is 0 Å². The summed E-state index contributed by atoms with van der Waals surface area (Å²) in [6.07, 6.45) is 4.92. The highest BCUT2D eigenvalue weighted by molar-refractivity contribution is 5.00. The maximum absolute atomic E-state index is 9.54. The average Bonchev–Trinajstić information content (AvgIpc) is 2.82. The van der Waals surface area contributed by atoms with Crippen molar-refractivity contribution >= 4 is 0 Å². The van der Waals surface area contributed by atoms with Gasteiger partial charge in [0.25, 0.3) is 0 Å². The summed E-state index contributed by atoms with van der Waals surface area (Å²) in [6, 6.07) is 0. The molecule has 94 valence electrons. The zero-order valence-electron chi connectivity index (χ0n) is 10.0. The SMILES string of the molecule is NC[C@@H](CO)C1(N2CCOCC2)CCCC1. The molecule has 0 spiro atoms. The molecule has 16 heavy (non-hydrogen) atoms. The van der Waals surface area contributed by atoms with Crippen LogP contribution < -0.4 is 5.73 Å². The molecule has 1 saturated carbocycles. The van der Waals surface area contributed by atoms with Crippen LogP contribution in [0, 0.1) is 5.92 Å². The van der Waals surface area contributed by atoms with E-state index in [4.69, 9.17) is 10.5 Å². The van der Waals surface area contributed by atoms with E-state index in [0.29, 0.717) is 6.54 Å². The summed E-state index contributed by atoms with van der Waals surface area (Å²) in [7, 11) is 0. The second-order valence-electron chi connectivity index (χ2n) is 5.03. The van der Waals surface area contributed by atoms with Crippen molar-refractivity contribution in [2.75, 3.05) is 39.5 Å². The van der Waals surface area contributed by atoms with Gasteiger partial charge in [0.15, 0.2) is 0 Å². The summed E-state index contributed by atoms with van der Waals surface area (Å²) >= 11 is 0. The summed E-state index contributed by atoms with van der Waals surface area (Å²) in [5.41, 5.74) is 6.00. The maximum atomic E-state index is 9.54. The number of aliphatic hydroxyl groups is 1. The Morgan fingerprint density at radius 2 is 1.88 bits per heavy atom. The minimum atomic E-state index is 0.160. The lowest BCUT2D eigenvalue weighted by atomic mass is 9.80. The summed E-state index contributed by atoms with van der Waals surface area (Å²) < 4.78 is 5.42. The van der Waals surface area contributed by atoms with Crippen LogP contribution in [0.1, 0.15) is 25.7 Å². The van der Waals surface area contributed by atoms with Crippen LogP contribution in [0.3, 0.4) is 0 Å². The van der Waals surface area contributed by atoms with E-state index in [0.717, 1.165) is 26.3 Å². The van der Waals surface area contributed by atoms with Crippen LogP contribution in [0.5, 0.6) is 0 Å². The Labute approximate surface area is 97.7 Å². The van der Waals surface area contributed by atoms with E-state index in [1.54, 1.807) is 0 Å². The molecule has 1 aliphatic carbocycles. The van der Waals surface area contributed by atoms with Gasteiger partial charge in [-0.2, -0.15) is 0 Å². The van der Waals surface area contributed by atoms with Gasteiger partial charge in [-0.3, -0.25) is 4.90 Å². The molecule has 3 N–H and O–H groups in total. The number of morpholine rings is 1. The Balaban J connectivity index is 2.12. The summed E-state index contributed by atoms with van der Waals surface area (Å²) in [5, 5.41) is 9.54. The van der Waals surface area contributed by atoms with Gasteiger partial charge < -0.3 is 15.6 Å². The normalized spacial score (nSPS) is 28.1. The van der Waals surface area contributed by atoms with E-state index in [9.17, 15) is 5.11 Å². The number of aliphatic hydroxyl groups excluding tert-OH is 1. The molecule has 1 aliphatic heterocycles. The molecule has 1 heterocycles. The van der Waals surface area contributed by atoms with Gasteiger partial charge in [-0.05, 0) is 19.4 Å². The minimum absolute atomic E-state index is 0.160. The average molecular weight is 228 g/mol. The van der Waals surface area contributed by atoms with E-state index in [2.05, 4.69) is 4.90 Å². The second-order valence-corrected chi connectivity index (χ2v) is 5.03. The quantitative estimate of drug-likeness (QED) is 0.721. The summed E-state index contributed by atoms with van der Waals surface area (Å²) in [5.74, 6) is 0.230. The number of hydrogen-bond acceptors (Lipinski definition) is 4. The van der Waals surface area contributed by atoms with Gasteiger partial charge in [0.1, 0.15) is 0 Å². The predicted octanol–water partition coefficient (Wildman–Crippen LogP) is 0.199. The predicted molar refractivity (Wildman–Crippen MR) is 63.2 cm³/mol. The van der Waals surface area contributed by atoms with E-state index in [1.807, 2.05) is 0 Å². The molecule has 2 fully saturated rings. The van der Waals surface area contributed by atoms with Crippen LogP contribution in [-0.2, 0) is 4.74 Å². The molecule has 0 aromatic carbocycles. The van der Waals surface area contributed by atoms with Crippen LogP contribution in [-0.4, -0.2) is 55.0 Å². The smallest absolute Gasteiger partial charge is 0.0594 e. The molecular weight excluding hydrogens is 204 g/mol. The third kappa shape index (κ3) is 2.12. The third-order valence-corrected chi connectivity index (χ3v) is 4.38. The van der Waals surface area contributed by atoms with Crippen molar-refractivity contribution in [1.82, 2.24) is 4.90 Å². The van der Waals surface area contributed by atoms with Crippen molar-refractivity contribution in [2.24, 2.45) is 11.7 Å². The van der Waals surface area contributed by atoms with Crippen LogP contribution in [0.25, 0.3) is 0 Å². The van der Waals surface area contributed by atoms with Gasteiger partial charge in [-0.25, -0.2) is 0 Å².